The summed E-state index contributed by atoms with van der Waals surface area (Å²) in [6.07, 6.45) is 0.805. The van der Waals surface area contributed by atoms with Gasteiger partial charge in [0.2, 0.25) is 0 Å². The summed E-state index contributed by atoms with van der Waals surface area (Å²) in [6.45, 7) is 5.88. The van der Waals surface area contributed by atoms with E-state index in [0.717, 1.165) is 27.3 Å². The van der Waals surface area contributed by atoms with E-state index in [4.69, 9.17) is 9.15 Å². The van der Waals surface area contributed by atoms with Gasteiger partial charge < -0.3 is 14.5 Å². The second-order valence-electron chi connectivity index (χ2n) is 5.51. The van der Waals surface area contributed by atoms with Gasteiger partial charge in [-0.15, -0.1) is 11.3 Å². The van der Waals surface area contributed by atoms with Gasteiger partial charge in [0, 0.05) is 36.3 Å². The number of thiophene rings is 1. The largest absolute Gasteiger partial charge is 0.454 e. The minimum Gasteiger partial charge on any atom is -0.454 e. The van der Waals surface area contributed by atoms with Gasteiger partial charge in [-0.1, -0.05) is 30.3 Å². The topological polar surface area (TPSA) is 51.5 Å². The lowest BCUT2D eigenvalue weighted by Gasteiger charge is -2.05. The third kappa shape index (κ3) is 3.52. The molecule has 0 fully saturated rings. The van der Waals surface area contributed by atoms with Crippen LogP contribution >= 0.6 is 11.3 Å². The van der Waals surface area contributed by atoms with Crippen molar-refractivity contribution in [2.45, 2.75) is 20.3 Å². The molecule has 0 spiro atoms. The zero-order chi connectivity index (χ0) is 16.9. The van der Waals surface area contributed by atoms with E-state index in [2.05, 4.69) is 5.32 Å². The van der Waals surface area contributed by atoms with E-state index < -0.39 is 0 Å². The third-order valence-corrected chi connectivity index (χ3v) is 4.81. The lowest BCUT2D eigenvalue weighted by Crippen LogP contribution is -2.25. The van der Waals surface area contributed by atoms with Gasteiger partial charge in [-0.05, 0) is 20.3 Å². The van der Waals surface area contributed by atoms with Gasteiger partial charge in [0.25, 0.3) is 5.91 Å². The Labute approximate surface area is 145 Å². The van der Waals surface area contributed by atoms with Gasteiger partial charge in [-0.25, -0.2) is 0 Å². The number of rotatable bonds is 7. The standard InChI is InChI=1S/C19H21NO3S/c1-3-22-11-7-10-20-19(21)17-13(2)24-16-12-15(23-18(16)17)14-8-5-4-6-9-14/h4-6,8-9,12H,3,7,10-11H2,1-2H3,(H,20,21). The Kier molecular flexibility index (Phi) is 5.33. The van der Waals surface area contributed by atoms with Crippen molar-refractivity contribution < 1.29 is 13.9 Å². The molecule has 2 heterocycles. The highest BCUT2D eigenvalue weighted by Crippen LogP contribution is 2.36. The van der Waals surface area contributed by atoms with Crippen LogP contribution in [0, 0.1) is 6.92 Å². The summed E-state index contributed by atoms with van der Waals surface area (Å²) >= 11 is 1.59. The Bertz CT molecular complexity index is 820. The molecule has 0 aliphatic carbocycles. The maximum Gasteiger partial charge on any atom is 0.256 e. The van der Waals surface area contributed by atoms with Crippen LogP contribution in [0.25, 0.3) is 21.6 Å². The first-order valence-corrected chi connectivity index (χ1v) is 8.96. The zero-order valence-corrected chi connectivity index (χ0v) is 14.7. The van der Waals surface area contributed by atoms with E-state index in [1.165, 1.54) is 0 Å². The lowest BCUT2D eigenvalue weighted by atomic mass is 10.2. The predicted octanol–water partition coefficient (Wildman–Crippen LogP) is 4.63. The van der Waals surface area contributed by atoms with E-state index in [0.29, 0.717) is 30.9 Å². The Hall–Kier alpha value is -2.11. The number of aryl methyl sites for hydroxylation is 1. The highest BCUT2D eigenvalue weighted by molar-refractivity contribution is 7.19. The maximum absolute atomic E-state index is 12.5. The first kappa shape index (κ1) is 16.7. The van der Waals surface area contributed by atoms with E-state index >= 15 is 0 Å². The number of nitrogens with one attached hydrogen (secondary N) is 1. The molecule has 4 nitrogen and oxygen atoms in total. The molecule has 5 heteroatoms. The Morgan fingerprint density at radius 3 is 2.83 bits per heavy atom. The van der Waals surface area contributed by atoms with Crippen molar-refractivity contribution in [3.8, 4) is 11.3 Å². The molecule has 1 amide bonds. The van der Waals surface area contributed by atoms with Gasteiger partial charge in [-0.3, -0.25) is 4.79 Å². The summed E-state index contributed by atoms with van der Waals surface area (Å²) in [7, 11) is 0. The number of benzene rings is 1. The van der Waals surface area contributed by atoms with Crippen molar-refractivity contribution in [3.63, 3.8) is 0 Å². The summed E-state index contributed by atoms with van der Waals surface area (Å²) in [5.74, 6) is 0.714. The monoisotopic (exact) mass is 343 g/mol. The SMILES string of the molecule is CCOCCCNC(=O)c1c(C)sc2cc(-c3ccccc3)oc12. The van der Waals surface area contributed by atoms with Crippen LogP contribution in [0.3, 0.4) is 0 Å². The van der Waals surface area contributed by atoms with Gasteiger partial charge in [0.05, 0.1) is 10.3 Å². The maximum atomic E-state index is 12.5. The number of fused-ring (bicyclic) bond motifs is 1. The fraction of sp³-hybridized carbons (Fsp3) is 0.316. The molecule has 0 saturated carbocycles. The van der Waals surface area contributed by atoms with Crippen molar-refractivity contribution in [3.05, 3.63) is 46.8 Å². The molecule has 1 N–H and O–H groups in total. The minimum atomic E-state index is -0.0794. The van der Waals surface area contributed by atoms with Crippen molar-refractivity contribution in [1.29, 1.82) is 0 Å². The molecule has 0 radical (unpaired) electrons. The van der Waals surface area contributed by atoms with Crippen molar-refractivity contribution >= 4 is 27.5 Å². The quantitative estimate of drug-likeness (QED) is 0.637. The summed E-state index contributed by atoms with van der Waals surface area (Å²) < 4.78 is 12.3. The number of carbonyl (C=O) groups is 1. The van der Waals surface area contributed by atoms with Crippen LogP contribution < -0.4 is 5.32 Å². The van der Waals surface area contributed by atoms with Gasteiger partial charge in [0.1, 0.15) is 5.76 Å². The Morgan fingerprint density at radius 1 is 1.29 bits per heavy atom. The summed E-state index contributed by atoms with van der Waals surface area (Å²) in [5.41, 5.74) is 2.34. The smallest absolute Gasteiger partial charge is 0.256 e. The molecule has 3 rings (SSSR count). The van der Waals surface area contributed by atoms with Crippen LogP contribution in [-0.2, 0) is 4.74 Å². The van der Waals surface area contributed by atoms with Crippen LogP contribution in [0.5, 0.6) is 0 Å². The molecule has 126 valence electrons. The van der Waals surface area contributed by atoms with Crippen molar-refractivity contribution in [2.24, 2.45) is 0 Å². The van der Waals surface area contributed by atoms with Crippen LogP contribution in [-0.4, -0.2) is 25.7 Å². The molecule has 3 aromatic rings. The van der Waals surface area contributed by atoms with Crippen molar-refractivity contribution in [2.75, 3.05) is 19.8 Å². The molecular formula is C19H21NO3S. The van der Waals surface area contributed by atoms with Gasteiger partial charge >= 0.3 is 0 Å². The molecule has 1 aromatic carbocycles. The first-order valence-electron chi connectivity index (χ1n) is 8.15. The number of carbonyl (C=O) groups excluding carboxylic acids is 1. The van der Waals surface area contributed by atoms with Gasteiger partial charge in [0.15, 0.2) is 5.58 Å². The van der Waals surface area contributed by atoms with E-state index in [1.807, 2.05) is 50.2 Å². The minimum absolute atomic E-state index is 0.0794. The Morgan fingerprint density at radius 2 is 2.08 bits per heavy atom. The van der Waals surface area contributed by atoms with E-state index in [-0.39, 0.29) is 5.91 Å². The second kappa shape index (κ2) is 7.64. The third-order valence-electron chi connectivity index (χ3n) is 3.78. The molecule has 2 aromatic heterocycles. The highest BCUT2D eigenvalue weighted by Gasteiger charge is 2.20. The Balaban J connectivity index is 1.79. The number of amides is 1. The molecule has 0 unspecified atom stereocenters. The molecule has 0 aliphatic rings. The second-order valence-corrected chi connectivity index (χ2v) is 6.77. The van der Waals surface area contributed by atoms with E-state index in [9.17, 15) is 4.79 Å². The highest BCUT2D eigenvalue weighted by atomic mass is 32.1. The zero-order valence-electron chi connectivity index (χ0n) is 13.9. The average molecular weight is 343 g/mol. The first-order chi connectivity index (χ1) is 11.7. The van der Waals surface area contributed by atoms with Crippen LogP contribution in [0.1, 0.15) is 28.6 Å². The number of ether oxygens (including phenoxy) is 1. The van der Waals surface area contributed by atoms with Crippen LogP contribution in [0.15, 0.2) is 40.8 Å². The molecular weight excluding hydrogens is 322 g/mol. The fourth-order valence-corrected chi connectivity index (χ4v) is 3.64. The molecule has 0 saturated heterocycles. The van der Waals surface area contributed by atoms with Crippen LogP contribution in [0.4, 0.5) is 0 Å². The number of hydrogen-bond donors (Lipinski definition) is 1. The molecule has 0 aliphatic heterocycles. The predicted molar refractivity (Wildman–Crippen MR) is 97.7 cm³/mol. The number of furan rings is 1. The average Bonchev–Trinajstić information content (AvgIpc) is 3.11. The molecule has 0 atom stereocenters. The fourth-order valence-electron chi connectivity index (χ4n) is 2.62. The summed E-state index contributed by atoms with van der Waals surface area (Å²) in [4.78, 5) is 13.5. The molecule has 24 heavy (non-hydrogen) atoms. The summed E-state index contributed by atoms with van der Waals surface area (Å²) in [5, 5.41) is 2.95. The van der Waals surface area contributed by atoms with E-state index in [1.54, 1.807) is 11.3 Å². The van der Waals surface area contributed by atoms with Gasteiger partial charge in [-0.2, -0.15) is 0 Å². The number of hydrogen-bond acceptors (Lipinski definition) is 4. The van der Waals surface area contributed by atoms with Crippen LogP contribution in [0.2, 0.25) is 0 Å². The van der Waals surface area contributed by atoms with Crippen molar-refractivity contribution in [1.82, 2.24) is 5.32 Å². The summed E-state index contributed by atoms with van der Waals surface area (Å²) in [6, 6.07) is 11.9. The normalized spacial score (nSPS) is 11.1. The lowest BCUT2D eigenvalue weighted by molar-refractivity contribution is 0.0945. The molecule has 0 bridgehead atoms.